The van der Waals surface area contributed by atoms with Crippen molar-refractivity contribution < 1.29 is 38.3 Å². The molecule has 1 aliphatic rings. The lowest BCUT2D eigenvalue weighted by molar-refractivity contribution is 0.455. The molecule has 2 heterocycles. The van der Waals surface area contributed by atoms with Crippen LogP contribution in [-0.2, 0) is 30.5 Å². The smallest absolute Gasteiger partial charge is 0.508 e. The van der Waals surface area contributed by atoms with E-state index in [9.17, 15) is 24.4 Å². The lowest BCUT2D eigenvalue weighted by Crippen LogP contribution is -2.31. The van der Waals surface area contributed by atoms with Gasteiger partial charge in [0.2, 0.25) is 5.12 Å². The van der Waals surface area contributed by atoms with Crippen molar-refractivity contribution in [1.29, 1.82) is 0 Å². The highest BCUT2D eigenvalue weighted by Gasteiger charge is 2.50. The third kappa shape index (κ3) is 12.7. The average molecular weight is 1140 g/mol. The highest BCUT2D eigenvalue weighted by atomic mass is 31.2. The van der Waals surface area contributed by atoms with Crippen molar-refractivity contribution in [1.82, 2.24) is 0 Å². The van der Waals surface area contributed by atoms with Gasteiger partial charge in [0.1, 0.15) is 28.7 Å². The second kappa shape index (κ2) is 24.9. The minimum Gasteiger partial charge on any atom is -0.508 e. The molecule has 10 aromatic carbocycles. The summed E-state index contributed by atoms with van der Waals surface area (Å²) >= 11 is 0. The summed E-state index contributed by atoms with van der Waals surface area (Å²) in [5.74, 6) is 1.81. The first-order valence-corrected chi connectivity index (χ1v) is 30.1. The summed E-state index contributed by atoms with van der Waals surface area (Å²) in [6.45, 7) is 17.2. The van der Waals surface area contributed by atoms with Gasteiger partial charge in [-0.15, -0.1) is 0 Å². The van der Waals surface area contributed by atoms with Gasteiger partial charge in [-0.25, -0.2) is 4.20 Å². The first kappa shape index (κ1) is 60.5. The first-order chi connectivity index (χ1) is 39.1. The number of hydrogen-bond donors (Lipinski definition) is 4. The summed E-state index contributed by atoms with van der Waals surface area (Å²) in [6.07, 6.45) is 0. The molecule has 2 unspecified atom stereocenters. The summed E-state index contributed by atoms with van der Waals surface area (Å²) in [6, 6.07) is 79.0. The van der Waals surface area contributed by atoms with Gasteiger partial charge >= 0.3 is 7.65 Å². The third-order valence-electron chi connectivity index (χ3n) is 15.9. The van der Waals surface area contributed by atoms with E-state index in [0.717, 1.165) is 60.1 Å². The number of rotatable bonds is 8. The van der Waals surface area contributed by atoms with Gasteiger partial charge in [-0.1, -0.05) is 211 Å². The average Bonchev–Trinajstić information content (AvgIpc) is 1.73. The van der Waals surface area contributed by atoms with Crippen LogP contribution in [0.25, 0.3) is 32.6 Å². The van der Waals surface area contributed by atoms with E-state index in [1.165, 1.54) is 11.1 Å². The van der Waals surface area contributed by atoms with Gasteiger partial charge in [-0.05, 0) is 142 Å². The Morgan fingerprint density at radius 1 is 0.373 bits per heavy atom. The predicted octanol–water partition coefficient (Wildman–Crippen LogP) is 18.7. The Bertz CT molecular complexity index is 4040. The molecule has 0 saturated heterocycles. The molecular formula is C72H69BO8P2+. The van der Waals surface area contributed by atoms with Crippen LogP contribution in [0.15, 0.2) is 253 Å². The van der Waals surface area contributed by atoms with Crippen molar-refractivity contribution in [2.45, 2.75) is 76.8 Å². The van der Waals surface area contributed by atoms with Crippen LogP contribution in [0.5, 0.6) is 28.7 Å². The predicted molar refractivity (Wildman–Crippen MR) is 342 cm³/mol. The molecular weight excluding hydrogens is 1070 g/mol. The molecule has 8 nitrogen and oxygen atoms in total. The van der Waals surface area contributed by atoms with Gasteiger partial charge in [-0.2, -0.15) is 0 Å². The van der Waals surface area contributed by atoms with Crippen LogP contribution < -0.4 is 9.83 Å². The number of phenolic OH excluding ortho intramolecular Hbond substituents is 4. The fourth-order valence-electron chi connectivity index (χ4n) is 10.4. The fourth-order valence-corrected chi connectivity index (χ4v) is 14.1. The van der Waals surface area contributed by atoms with Crippen LogP contribution in [0.1, 0.15) is 94.3 Å². The zero-order valence-electron chi connectivity index (χ0n) is 48.1. The summed E-state index contributed by atoms with van der Waals surface area (Å²) in [4.78, 5) is 0. The first-order valence-electron chi connectivity index (χ1n) is 27.3. The normalized spacial score (nSPS) is 13.9. The lowest BCUT2D eigenvalue weighted by atomic mass is 9.73. The molecule has 0 amide bonds. The molecule has 3 radical (unpaired) electrons. The van der Waals surface area contributed by atoms with Crippen LogP contribution >= 0.6 is 15.0 Å². The largest absolute Gasteiger partial charge is 0.597 e. The summed E-state index contributed by atoms with van der Waals surface area (Å²) in [5, 5.41) is 40.3. The molecule has 1 aromatic heterocycles. The van der Waals surface area contributed by atoms with Gasteiger partial charge in [0, 0.05) is 41.0 Å². The molecule has 4 N–H and O–H groups in total. The molecule has 83 heavy (non-hydrogen) atoms. The molecule has 0 bridgehead atoms. The second-order valence-corrected chi connectivity index (χ2v) is 26.7. The molecule has 417 valence electrons. The van der Waals surface area contributed by atoms with Gasteiger partial charge in [-0.3, -0.25) is 4.57 Å². The summed E-state index contributed by atoms with van der Waals surface area (Å²) in [7, 11) is -5.09. The van der Waals surface area contributed by atoms with Crippen LogP contribution in [0.4, 0.5) is 0 Å². The maximum Gasteiger partial charge on any atom is 0.597 e. The standard InChI is InChI=1S/C30H29O3P.C24H26O2.C12H8O2P.C6H6O.B/c1-29(2,21-16-18-24(31)19-17-21)22-10-9-11-23(20-22)30(3,4)34(32)28-15-8-6-13-26(28)25-12-5-7-14-27(25)33-34;1-23(2,17-8-12-21(25)13-9-17)19-6-5-7-20(16-19)24(3,4)18-10-14-22(26)15-11-18;13-15-12-8-4-2-6-10(12)9-5-1-3-7-11(9)14-15;7-6-4-2-1-3-5-6;/h5-20,31H,1-4H3;5-16,25-26H,1-4H3;1-8H;1-5,7H;/q;;+1;;. The fraction of sp³-hybridized carbons (Fsp3) is 0.167. The van der Waals surface area contributed by atoms with E-state index in [1.54, 1.807) is 60.7 Å². The van der Waals surface area contributed by atoms with Crippen molar-refractivity contribution in [3.8, 4) is 39.9 Å². The van der Waals surface area contributed by atoms with Gasteiger partial charge in [0.05, 0.1) is 10.5 Å². The van der Waals surface area contributed by atoms with Crippen LogP contribution in [0.3, 0.4) is 0 Å². The molecule has 11 aromatic rings. The Labute approximate surface area is 490 Å². The Kier molecular flexibility index (Phi) is 18.1. The molecule has 2 atom stereocenters. The zero-order valence-corrected chi connectivity index (χ0v) is 49.9. The zero-order chi connectivity index (χ0) is 58.5. The summed E-state index contributed by atoms with van der Waals surface area (Å²) in [5.41, 5.74) is 9.97. The van der Waals surface area contributed by atoms with Gasteiger partial charge in [0.25, 0.3) is 7.37 Å². The van der Waals surface area contributed by atoms with Gasteiger partial charge in [0.15, 0.2) is 5.58 Å². The minimum absolute atomic E-state index is 0. The molecule has 0 fully saturated rings. The Hall–Kier alpha value is -8.61. The number of aromatic hydroxyl groups is 4. The van der Waals surface area contributed by atoms with Crippen LogP contribution in [0.2, 0.25) is 0 Å². The second-order valence-electron chi connectivity index (χ2n) is 22.6. The number of benzene rings is 10. The molecule has 1 aliphatic heterocycles. The Balaban J connectivity index is 0.000000161. The molecule has 11 heteroatoms. The quantitative estimate of drug-likeness (QED) is 0.0671. The third-order valence-corrected chi connectivity index (χ3v) is 20.3. The Morgan fingerprint density at radius 2 is 0.759 bits per heavy atom. The number of fused-ring (bicyclic) bond motifs is 6. The van der Waals surface area contributed by atoms with Gasteiger partial charge < -0.3 is 24.9 Å². The van der Waals surface area contributed by atoms with Crippen LogP contribution in [0, 0.1) is 0 Å². The van der Waals surface area contributed by atoms with Crippen molar-refractivity contribution in [2.24, 2.45) is 0 Å². The highest BCUT2D eigenvalue weighted by Crippen LogP contribution is 2.66. The SMILES string of the molecule is CC(C)(c1ccc(O)cc1)c1cccc(C(C)(C)P2(=O)Oc3ccccc3-c3ccccc32)c1.CC(C)(c1ccc(O)cc1)c1cccc(C(C)(C)c2ccc(O)cc2)c1.O=[p+]1oc2ccccc2c2ccccc21.Oc1ccccc1.[B]. The number of hydrogen-bond acceptors (Lipinski definition) is 8. The molecule has 0 aliphatic carbocycles. The van der Waals surface area contributed by atoms with E-state index >= 15 is 0 Å². The molecule has 0 saturated carbocycles. The van der Waals surface area contributed by atoms with E-state index in [1.807, 2.05) is 166 Å². The molecule has 12 rings (SSSR count). The summed E-state index contributed by atoms with van der Waals surface area (Å²) < 4.78 is 38.4. The van der Waals surface area contributed by atoms with Crippen LogP contribution in [-0.4, -0.2) is 28.8 Å². The van der Waals surface area contributed by atoms with Crippen molar-refractivity contribution in [2.75, 3.05) is 0 Å². The topological polar surface area (TPSA) is 137 Å². The van der Waals surface area contributed by atoms with E-state index in [4.69, 9.17) is 13.8 Å². The van der Waals surface area contributed by atoms with Crippen molar-refractivity contribution in [3.05, 3.63) is 288 Å². The maximum absolute atomic E-state index is 14.9. The van der Waals surface area contributed by atoms with Crippen molar-refractivity contribution >= 4 is 50.2 Å². The number of para-hydroxylation sites is 3. The van der Waals surface area contributed by atoms with E-state index < -0.39 is 20.2 Å². The van der Waals surface area contributed by atoms with Crippen molar-refractivity contribution in [3.63, 3.8) is 0 Å². The monoisotopic (exact) mass is 1130 g/mol. The van der Waals surface area contributed by atoms with E-state index in [-0.39, 0.29) is 41.9 Å². The maximum atomic E-state index is 14.9. The van der Waals surface area contributed by atoms with E-state index in [0.29, 0.717) is 17.1 Å². The Morgan fingerprint density at radius 3 is 1.25 bits per heavy atom. The number of phenols is 4. The lowest BCUT2D eigenvalue weighted by Gasteiger charge is -2.39. The molecule has 0 spiro atoms. The van der Waals surface area contributed by atoms with E-state index in [2.05, 4.69) is 77.9 Å². The minimum atomic E-state index is -3.34. The highest BCUT2D eigenvalue weighted by molar-refractivity contribution is 7.68.